The molecule has 1 fully saturated rings. The van der Waals surface area contributed by atoms with Crippen molar-refractivity contribution >= 4 is 17.6 Å². The van der Waals surface area contributed by atoms with Crippen LogP contribution in [0.15, 0.2) is 67.4 Å². The Kier molecular flexibility index (Phi) is 8.47. The van der Waals surface area contributed by atoms with Crippen LogP contribution in [0.1, 0.15) is 49.8 Å². The molecule has 2 N–H and O–H groups in total. The van der Waals surface area contributed by atoms with E-state index in [0.717, 1.165) is 37.2 Å². The van der Waals surface area contributed by atoms with E-state index < -0.39 is 0 Å². The molecule has 1 saturated heterocycles. The van der Waals surface area contributed by atoms with Gasteiger partial charge in [-0.15, -0.1) is 0 Å². The minimum atomic E-state index is -0.316. The van der Waals surface area contributed by atoms with E-state index in [1.165, 1.54) is 21.7 Å². The molecule has 3 rings (SSSR count). The van der Waals surface area contributed by atoms with Gasteiger partial charge in [0.2, 0.25) is 5.91 Å². The zero-order valence-electron chi connectivity index (χ0n) is 20.7. The number of anilines is 1. The summed E-state index contributed by atoms with van der Waals surface area (Å²) in [4.78, 5) is 31.1. The predicted molar refractivity (Wildman–Crippen MR) is 137 cm³/mol. The van der Waals surface area contributed by atoms with Gasteiger partial charge in [-0.3, -0.25) is 19.6 Å². The quantitative estimate of drug-likeness (QED) is 0.376. The highest BCUT2D eigenvalue weighted by Crippen LogP contribution is 2.34. The minimum absolute atomic E-state index is 0.110. The molecular weight excluding hydrogens is 426 g/mol. The number of urea groups is 1. The lowest BCUT2D eigenvalue weighted by molar-refractivity contribution is -0.135. The highest BCUT2D eigenvalue weighted by molar-refractivity contribution is 5.93. The topological polar surface area (TPSA) is 73.1 Å². The average Bonchev–Trinajstić information content (AvgIpc) is 2.85. The molecule has 0 aromatic heterocycles. The number of hydrogen-bond donors (Lipinski definition) is 1. The second kappa shape index (κ2) is 11.3. The van der Waals surface area contributed by atoms with E-state index in [1.54, 1.807) is 4.90 Å². The number of hydrazine groups is 1. The first-order valence-corrected chi connectivity index (χ1v) is 11.8. The van der Waals surface area contributed by atoms with Crippen molar-refractivity contribution in [3.8, 4) is 0 Å². The van der Waals surface area contributed by atoms with Crippen LogP contribution in [0.2, 0.25) is 0 Å². The standard InChI is InChI=1S/C27H37N5O2/c1-6-31(27(34)32(28)20(2)3)24-14-12-21(13-15-24)22-16-18-30(19-17-22)25(26(33)29(4)5)23-10-8-7-9-11-23/h6-15,20,22,25H,1,16-19,28H2,2-5H3. The molecule has 1 aliphatic heterocycles. The van der Waals surface area contributed by atoms with Gasteiger partial charge in [-0.2, -0.15) is 0 Å². The third-order valence-electron chi connectivity index (χ3n) is 6.49. The molecule has 0 saturated carbocycles. The van der Waals surface area contributed by atoms with Gasteiger partial charge in [0.05, 0.1) is 5.69 Å². The highest BCUT2D eigenvalue weighted by Gasteiger charge is 2.32. The number of piperidine rings is 1. The third kappa shape index (κ3) is 5.66. The molecule has 0 spiro atoms. The fraction of sp³-hybridized carbons (Fsp3) is 0.407. The smallest absolute Gasteiger partial charge is 0.342 e. The molecule has 2 aromatic rings. The summed E-state index contributed by atoms with van der Waals surface area (Å²) in [6, 6.07) is 17.4. The molecule has 1 unspecified atom stereocenters. The van der Waals surface area contributed by atoms with E-state index in [-0.39, 0.29) is 24.0 Å². The maximum Gasteiger partial charge on any atom is 0.342 e. The van der Waals surface area contributed by atoms with E-state index in [2.05, 4.69) is 23.6 Å². The molecule has 3 amide bonds. The molecular formula is C27H37N5O2. The number of carbonyl (C=O) groups is 2. The summed E-state index contributed by atoms with van der Waals surface area (Å²) in [6.45, 7) is 9.20. The van der Waals surface area contributed by atoms with Crippen molar-refractivity contribution in [1.29, 1.82) is 0 Å². The van der Waals surface area contributed by atoms with E-state index in [9.17, 15) is 9.59 Å². The molecule has 0 aliphatic carbocycles. The minimum Gasteiger partial charge on any atom is -0.347 e. The van der Waals surface area contributed by atoms with Crippen molar-refractivity contribution in [1.82, 2.24) is 14.8 Å². The molecule has 34 heavy (non-hydrogen) atoms. The lowest BCUT2D eigenvalue weighted by atomic mass is 9.88. The number of rotatable bonds is 7. The molecule has 7 heteroatoms. The number of hydrogen-bond acceptors (Lipinski definition) is 4. The SMILES string of the molecule is C=CN(C(=O)N(N)C(C)C)c1ccc(C2CCN(C(C(=O)N(C)C)c3ccccc3)CC2)cc1. The van der Waals surface area contributed by atoms with E-state index in [4.69, 9.17) is 5.84 Å². The lowest BCUT2D eigenvalue weighted by Crippen LogP contribution is -2.48. The molecule has 0 bridgehead atoms. The second-order valence-electron chi connectivity index (χ2n) is 9.28. The van der Waals surface area contributed by atoms with Gasteiger partial charge in [0.25, 0.3) is 0 Å². The Morgan fingerprint density at radius 1 is 1.03 bits per heavy atom. The lowest BCUT2D eigenvalue weighted by Gasteiger charge is -2.38. The molecule has 2 aromatic carbocycles. The number of amides is 3. The number of benzene rings is 2. The van der Waals surface area contributed by atoms with Gasteiger partial charge < -0.3 is 4.90 Å². The maximum atomic E-state index is 13.0. The zero-order valence-corrected chi connectivity index (χ0v) is 20.7. The number of nitrogens with two attached hydrogens (primary N) is 1. The number of carbonyl (C=O) groups excluding carboxylic acids is 2. The molecule has 182 valence electrons. The van der Waals surface area contributed by atoms with E-state index in [0.29, 0.717) is 5.92 Å². The summed E-state index contributed by atoms with van der Waals surface area (Å²) in [5.74, 6) is 6.42. The van der Waals surface area contributed by atoms with Gasteiger partial charge in [-0.05, 0) is 69.0 Å². The van der Waals surface area contributed by atoms with Crippen LogP contribution in [-0.4, -0.2) is 60.0 Å². The first kappa shape index (κ1) is 25.5. The van der Waals surface area contributed by atoms with Crippen LogP contribution in [0.3, 0.4) is 0 Å². The summed E-state index contributed by atoms with van der Waals surface area (Å²) < 4.78 is 0. The fourth-order valence-corrected chi connectivity index (χ4v) is 4.43. The fourth-order valence-electron chi connectivity index (χ4n) is 4.43. The Morgan fingerprint density at radius 3 is 2.12 bits per heavy atom. The van der Waals surface area contributed by atoms with Gasteiger partial charge in [0, 0.05) is 26.3 Å². The number of likely N-dealkylation sites (tertiary alicyclic amines) is 1. The van der Waals surface area contributed by atoms with Gasteiger partial charge in [-0.25, -0.2) is 10.6 Å². The van der Waals surface area contributed by atoms with Crippen LogP contribution in [0, 0.1) is 0 Å². The van der Waals surface area contributed by atoms with Gasteiger partial charge in [0.15, 0.2) is 0 Å². The molecule has 1 atom stereocenters. The molecule has 0 radical (unpaired) electrons. The molecule has 7 nitrogen and oxygen atoms in total. The van der Waals surface area contributed by atoms with Crippen LogP contribution < -0.4 is 10.7 Å². The van der Waals surface area contributed by atoms with Crippen molar-refractivity contribution in [3.05, 3.63) is 78.5 Å². The normalized spacial score (nSPS) is 15.6. The average molecular weight is 464 g/mol. The summed E-state index contributed by atoms with van der Waals surface area (Å²) in [6.07, 6.45) is 3.43. The largest absolute Gasteiger partial charge is 0.347 e. The van der Waals surface area contributed by atoms with Crippen LogP contribution in [0.25, 0.3) is 0 Å². The monoisotopic (exact) mass is 463 g/mol. The summed E-state index contributed by atoms with van der Waals surface area (Å²) in [7, 11) is 3.63. The summed E-state index contributed by atoms with van der Waals surface area (Å²) >= 11 is 0. The van der Waals surface area contributed by atoms with Crippen LogP contribution in [0.5, 0.6) is 0 Å². The van der Waals surface area contributed by atoms with Crippen LogP contribution >= 0.6 is 0 Å². The van der Waals surface area contributed by atoms with Crippen molar-refractivity contribution < 1.29 is 9.59 Å². The Morgan fingerprint density at radius 2 is 1.62 bits per heavy atom. The van der Waals surface area contributed by atoms with Crippen LogP contribution in [-0.2, 0) is 4.79 Å². The second-order valence-corrected chi connectivity index (χ2v) is 9.28. The predicted octanol–water partition coefficient (Wildman–Crippen LogP) is 4.35. The first-order valence-electron chi connectivity index (χ1n) is 11.8. The molecule has 1 heterocycles. The number of likely N-dealkylation sites (N-methyl/N-ethyl adjacent to an activating group) is 1. The highest BCUT2D eigenvalue weighted by atomic mass is 16.2. The van der Waals surface area contributed by atoms with Crippen molar-refractivity contribution in [2.24, 2.45) is 5.84 Å². The summed E-state index contributed by atoms with van der Waals surface area (Å²) in [5, 5.41) is 1.20. The Balaban J connectivity index is 1.69. The number of nitrogens with zero attached hydrogens (tertiary/aromatic N) is 4. The third-order valence-corrected chi connectivity index (χ3v) is 6.49. The Bertz CT molecular complexity index is 966. The van der Waals surface area contributed by atoms with E-state index >= 15 is 0 Å². The Labute approximate surface area is 203 Å². The Hall–Kier alpha value is -3.16. The van der Waals surface area contributed by atoms with Gasteiger partial charge in [0.1, 0.15) is 6.04 Å². The first-order chi connectivity index (χ1) is 16.2. The zero-order chi connectivity index (χ0) is 24.8. The molecule has 1 aliphatic rings. The van der Waals surface area contributed by atoms with Crippen LogP contribution in [0.4, 0.5) is 10.5 Å². The van der Waals surface area contributed by atoms with Crippen molar-refractivity contribution in [2.45, 2.75) is 44.7 Å². The van der Waals surface area contributed by atoms with Crippen molar-refractivity contribution in [2.75, 3.05) is 32.1 Å². The van der Waals surface area contributed by atoms with Crippen molar-refractivity contribution in [3.63, 3.8) is 0 Å². The van der Waals surface area contributed by atoms with Gasteiger partial charge in [-0.1, -0.05) is 49.0 Å². The summed E-state index contributed by atoms with van der Waals surface area (Å²) in [5.41, 5.74) is 3.01. The maximum absolute atomic E-state index is 13.0. The van der Waals surface area contributed by atoms with Gasteiger partial charge >= 0.3 is 6.03 Å². The van der Waals surface area contributed by atoms with E-state index in [1.807, 2.05) is 70.4 Å².